The van der Waals surface area contributed by atoms with Crippen molar-refractivity contribution in [3.63, 3.8) is 0 Å². The molecule has 0 bridgehead atoms. The quantitative estimate of drug-likeness (QED) is 0.871. The highest BCUT2D eigenvalue weighted by Crippen LogP contribution is 2.15. The second-order valence-electron chi connectivity index (χ2n) is 3.78. The number of anilines is 1. The molecule has 2 rings (SSSR count). The van der Waals surface area contributed by atoms with E-state index >= 15 is 0 Å². The van der Waals surface area contributed by atoms with Gasteiger partial charge in [0.25, 0.3) is 0 Å². The van der Waals surface area contributed by atoms with Gasteiger partial charge in [-0.3, -0.25) is 4.79 Å². The number of hydrogen-bond donors (Lipinski definition) is 1. The number of hydrogen-bond acceptors (Lipinski definition) is 2. The predicted molar refractivity (Wildman–Crippen MR) is 75.3 cm³/mol. The van der Waals surface area contributed by atoms with Crippen LogP contribution in [0.1, 0.15) is 11.5 Å². The molecule has 0 aliphatic heterocycles. The minimum atomic E-state index is -0.192. The smallest absolute Gasteiger partial charge is 0.248 e. The van der Waals surface area contributed by atoms with Gasteiger partial charge in [0, 0.05) is 16.2 Å². The Kier molecular flexibility index (Phi) is 3.99. The summed E-state index contributed by atoms with van der Waals surface area (Å²) in [5.74, 6) is 1.29. The van der Waals surface area contributed by atoms with Gasteiger partial charge in [0.2, 0.25) is 5.91 Å². The number of carbonyl (C=O) groups is 1. The molecule has 1 aromatic carbocycles. The number of nitrogens with one attached hydrogen (secondary N) is 1. The topological polar surface area (TPSA) is 42.2 Å². The summed E-state index contributed by atoms with van der Waals surface area (Å²) in [5, 5.41) is 2.76. The first-order valence-electron chi connectivity index (χ1n) is 5.44. The molecule has 0 radical (unpaired) electrons. The number of furan rings is 1. The third kappa shape index (κ3) is 3.60. The van der Waals surface area contributed by atoms with Crippen LogP contribution in [-0.2, 0) is 4.79 Å². The Morgan fingerprint density at radius 2 is 2.17 bits per heavy atom. The molecule has 92 valence electrons. The number of halogens is 1. The maximum Gasteiger partial charge on any atom is 0.248 e. The van der Waals surface area contributed by atoms with Crippen molar-refractivity contribution in [1.82, 2.24) is 0 Å². The Morgan fingerprint density at radius 3 is 2.83 bits per heavy atom. The average Bonchev–Trinajstić information content (AvgIpc) is 2.73. The van der Waals surface area contributed by atoms with Crippen molar-refractivity contribution < 1.29 is 9.21 Å². The summed E-state index contributed by atoms with van der Waals surface area (Å²) >= 11 is 3.35. The summed E-state index contributed by atoms with van der Waals surface area (Å²) < 4.78 is 6.25. The highest BCUT2D eigenvalue weighted by atomic mass is 79.9. The van der Waals surface area contributed by atoms with Crippen LogP contribution in [0.2, 0.25) is 0 Å². The van der Waals surface area contributed by atoms with Gasteiger partial charge in [-0.05, 0) is 43.3 Å². The molecule has 2 aromatic rings. The first-order chi connectivity index (χ1) is 8.63. The maximum atomic E-state index is 11.6. The lowest BCUT2D eigenvalue weighted by atomic mass is 10.3. The first-order valence-corrected chi connectivity index (χ1v) is 6.24. The van der Waals surface area contributed by atoms with Gasteiger partial charge >= 0.3 is 0 Å². The molecule has 0 aliphatic rings. The Hall–Kier alpha value is -1.81. The van der Waals surface area contributed by atoms with Crippen LogP contribution >= 0.6 is 15.9 Å². The SMILES string of the molecule is Cc1ccc(C=CC(=O)Nc2cccc(Br)c2)o1. The van der Waals surface area contributed by atoms with Gasteiger partial charge in [-0.2, -0.15) is 0 Å². The Balaban J connectivity index is 1.98. The minimum absolute atomic E-state index is 0.192. The van der Waals surface area contributed by atoms with E-state index in [1.807, 2.05) is 43.3 Å². The molecule has 0 aliphatic carbocycles. The third-order valence-electron chi connectivity index (χ3n) is 2.25. The summed E-state index contributed by atoms with van der Waals surface area (Å²) in [6, 6.07) is 11.1. The fourth-order valence-corrected chi connectivity index (χ4v) is 1.85. The van der Waals surface area contributed by atoms with Crippen LogP contribution in [0.4, 0.5) is 5.69 Å². The van der Waals surface area contributed by atoms with Crippen LogP contribution in [0.5, 0.6) is 0 Å². The third-order valence-corrected chi connectivity index (χ3v) is 2.75. The molecule has 0 fully saturated rings. The lowest BCUT2D eigenvalue weighted by Gasteiger charge is -2.01. The number of amides is 1. The molecular weight excluding hydrogens is 294 g/mol. The summed E-state index contributed by atoms with van der Waals surface area (Å²) in [5.41, 5.74) is 0.745. The molecular formula is C14H12BrNO2. The van der Waals surface area contributed by atoms with Crippen molar-refractivity contribution in [3.8, 4) is 0 Å². The zero-order valence-corrected chi connectivity index (χ0v) is 11.4. The van der Waals surface area contributed by atoms with Gasteiger partial charge in [-0.25, -0.2) is 0 Å². The summed E-state index contributed by atoms with van der Waals surface area (Å²) in [7, 11) is 0. The maximum absolute atomic E-state index is 11.6. The standard InChI is InChI=1S/C14H12BrNO2/c1-10-5-6-13(18-10)7-8-14(17)16-12-4-2-3-11(15)9-12/h2-9H,1H3,(H,16,17). The van der Waals surface area contributed by atoms with Crippen molar-refractivity contribution in [2.45, 2.75) is 6.92 Å². The molecule has 18 heavy (non-hydrogen) atoms. The monoisotopic (exact) mass is 305 g/mol. The molecule has 1 aromatic heterocycles. The molecule has 1 N–H and O–H groups in total. The van der Waals surface area contributed by atoms with E-state index in [9.17, 15) is 4.79 Å². The van der Waals surface area contributed by atoms with E-state index in [1.165, 1.54) is 6.08 Å². The average molecular weight is 306 g/mol. The Morgan fingerprint density at radius 1 is 1.33 bits per heavy atom. The van der Waals surface area contributed by atoms with Gasteiger partial charge in [-0.1, -0.05) is 22.0 Å². The van der Waals surface area contributed by atoms with Gasteiger partial charge in [-0.15, -0.1) is 0 Å². The van der Waals surface area contributed by atoms with E-state index in [2.05, 4.69) is 21.2 Å². The zero-order chi connectivity index (χ0) is 13.0. The second-order valence-corrected chi connectivity index (χ2v) is 4.70. The highest BCUT2D eigenvalue weighted by molar-refractivity contribution is 9.10. The number of aryl methyl sites for hydroxylation is 1. The summed E-state index contributed by atoms with van der Waals surface area (Å²) in [6.45, 7) is 1.86. The van der Waals surface area contributed by atoms with Crippen molar-refractivity contribution >= 4 is 33.6 Å². The van der Waals surface area contributed by atoms with Crippen LogP contribution in [0.3, 0.4) is 0 Å². The molecule has 4 heteroatoms. The number of rotatable bonds is 3. The van der Waals surface area contributed by atoms with Crippen molar-refractivity contribution in [2.75, 3.05) is 5.32 Å². The molecule has 3 nitrogen and oxygen atoms in total. The molecule has 0 saturated heterocycles. The van der Waals surface area contributed by atoms with Crippen LogP contribution in [0, 0.1) is 6.92 Å². The molecule has 1 heterocycles. The van der Waals surface area contributed by atoms with E-state index < -0.39 is 0 Å². The first kappa shape index (κ1) is 12.6. The Labute approximate surface area is 114 Å². The van der Waals surface area contributed by atoms with Crippen molar-refractivity contribution in [1.29, 1.82) is 0 Å². The fourth-order valence-electron chi connectivity index (χ4n) is 1.45. The normalized spacial score (nSPS) is 10.8. The van der Waals surface area contributed by atoms with E-state index in [4.69, 9.17) is 4.42 Å². The van der Waals surface area contributed by atoms with Crippen LogP contribution in [-0.4, -0.2) is 5.91 Å². The van der Waals surface area contributed by atoms with E-state index in [0.717, 1.165) is 15.9 Å². The largest absolute Gasteiger partial charge is 0.462 e. The molecule has 1 amide bonds. The minimum Gasteiger partial charge on any atom is -0.462 e. The number of carbonyl (C=O) groups excluding carboxylic acids is 1. The van der Waals surface area contributed by atoms with Crippen LogP contribution < -0.4 is 5.32 Å². The molecule has 0 unspecified atom stereocenters. The molecule has 0 spiro atoms. The highest BCUT2D eigenvalue weighted by Gasteiger charge is 1.99. The lowest BCUT2D eigenvalue weighted by molar-refractivity contribution is -0.111. The second kappa shape index (κ2) is 5.69. The van der Waals surface area contributed by atoms with Crippen molar-refractivity contribution in [3.05, 3.63) is 58.5 Å². The Bertz CT molecular complexity index is 587. The van der Waals surface area contributed by atoms with Crippen LogP contribution in [0.25, 0.3) is 6.08 Å². The lowest BCUT2D eigenvalue weighted by Crippen LogP contribution is -2.07. The molecule has 0 saturated carbocycles. The summed E-state index contributed by atoms with van der Waals surface area (Å²) in [4.78, 5) is 11.6. The van der Waals surface area contributed by atoms with Crippen molar-refractivity contribution in [2.24, 2.45) is 0 Å². The van der Waals surface area contributed by atoms with E-state index in [1.54, 1.807) is 6.08 Å². The predicted octanol–water partition coefficient (Wildman–Crippen LogP) is 4.00. The van der Waals surface area contributed by atoms with Crippen LogP contribution in [0.15, 0.2) is 51.4 Å². The fraction of sp³-hybridized carbons (Fsp3) is 0.0714. The van der Waals surface area contributed by atoms with Gasteiger partial charge in [0.15, 0.2) is 0 Å². The van der Waals surface area contributed by atoms with Gasteiger partial charge in [0.05, 0.1) is 0 Å². The number of benzene rings is 1. The molecule has 0 atom stereocenters. The summed E-state index contributed by atoms with van der Waals surface area (Å²) in [6.07, 6.45) is 3.08. The van der Waals surface area contributed by atoms with E-state index in [-0.39, 0.29) is 5.91 Å². The zero-order valence-electron chi connectivity index (χ0n) is 9.81. The van der Waals surface area contributed by atoms with Gasteiger partial charge in [0.1, 0.15) is 11.5 Å². The van der Waals surface area contributed by atoms with E-state index in [0.29, 0.717) is 5.76 Å². The van der Waals surface area contributed by atoms with Gasteiger partial charge < -0.3 is 9.73 Å².